The van der Waals surface area contributed by atoms with Crippen LogP contribution in [0.4, 0.5) is 14.9 Å². The van der Waals surface area contributed by atoms with Gasteiger partial charge in [0.25, 0.3) is 0 Å². The van der Waals surface area contributed by atoms with Crippen LogP contribution >= 0.6 is 0 Å². The molecule has 3 heterocycles. The molecule has 260 valence electrons. The number of anilines is 1. The van der Waals surface area contributed by atoms with E-state index in [2.05, 4.69) is 5.32 Å². The van der Waals surface area contributed by atoms with Gasteiger partial charge in [0.2, 0.25) is 11.8 Å². The molecular weight excluding hydrogens is 633 g/mol. The van der Waals surface area contributed by atoms with Crippen molar-refractivity contribution in [2.45, 2.75) is 71.3 Å². The van der Waals surface area contributed by atoms with Crippen LogP contribution in [0.5, 0.6) is 11.8 Å². The number of carbonyl (C=O) groups excluding carboxylic acids is 1. The Labute approximate surface area is 292 Å². The number of aromatic nitrogens is 3. The number of nitrogens with one attached hydrogen (secondary N) is 1. The Morgan fingerprint density at radius 2 is 1.56 bits per heavy atom. The van der Waals surface area contributed by atoms with Gasteiger partial charge in [0.05, 0.1) is 16.8 Å². The van der Waals surface area contributed by atoms with E-state index >= 15 is 4.39 Å². The molecule has 3 aromatic carbocycles. The van der Waals surface area contributed by atoms with Crippen LogP contribution in [-0.4, -0.2) is 50.5 Å². The van der Waals surface area contributed by atoms with Crippen molar-refractivity contribution in [3.8, 4) is 23.0 Å². The number of hydrogen-bond donors (Lipinski definition) is 1. The number of carbonyl (C=O) groups is 1. The Hall–Kier alpha value is -5.12. The molecular formula is C40H44FN5O4. The van der Waals surface area contributed by atoms with Crippen molar-refractivity contribution in [3.05, 3.63) is 102 Å². The number of benzene rings is 3. The average molecular weight is 678 g/mol. The summed E-state index contributed by atoms with van der Waals surface area (Å²) in [6, 6.07) is 27.0. The maximum atomic E-state index is 15.9. The first kappa shape index (κ1) is 33.4. The van der Waals surface area contributed by atoms with Gasteiger partial charge in [-0.25, -0.2) is 9.18 Å². The van der Waals surface area contributed by atoms with Crippen LogP contribution < -0.4 is 14.8 Å². The number of halogens is 1. The average Bonchev–Trinajstić information content (AvgIpc) is 3.40. The summed E-state index contributed by atoms with van der Waals surface area (Å²) in [5.41, 5.74) is 4.14. The van der Waals surface area contributed by atoms with Crippen molar-refractivity contribution in [3.63, 3.8) is 0 Å². The van der Waals surface area contributed by atoms with Crippen LogP contribution in [0.3, 0.4) is 0 Å². The Bertz CT molecular complexity index is 1960. The van der Waals surface area contributed by atoms with Crippen LogP contribution in [0, 0.1) is 11.2 Å². The van der Waals surface area contributed by atoms with Gasteiger partial charge in [0.1, 0.15) is 30.3 Å². The first-order valence-electron chi connectivity index (χ1n) is 17.3. The maximum absolute atomic E-state index is 15.9. The van der Waals surface area contributed by atoms with E-state index in [-0.39, 0.29) is 23.4 Å². The molecule has 1 spiro atoms. The van der Waals surface area contributed by atoms with Gasteiger partial charge in [0.15, 0.2) is 0 Å². The normalized spacial score (nSPS) is 15.9. The molecule has 1 saturated carbocycles. The largest absolute Gasteiger partial charge is 0.473 e. The van der Waals surface area contributed by atoms with Crippen LogP contribution in [-0.2, 0) is 25.0 Å². The molecule has 1 amide bonds. The molecule has 1 aliphatic carbocycles. The number of amides is 1. The Morgan fingerprint density at radius 3 is 2.20 bits per heavy atom. The minimum absolute atomic E-state index is 0.130. The number of aryl methyl sites for hydroxylation is 1. The molecule has 0 atom stereocenters. The molecule has 10 heteroatoms. The lowest BCUT2D eigenvalue weighted by Gasteiger charge is -2.53. The lowest BCUT2D eigenvalue weighted by molar-refractivity contribution is -0.0496. The zero-order valence-electron chi connectivity index (χ0n) is 29.1. The van der Waals surface area contributed by atoms with E-state index in [9.17, 15) is 4.79 Å². The van der Waals surface area contributed by atoms with Gasteiger partial charge >= 0.3 is 6.09 Å². The predicted molar refractivity (Wildman–Crippen MR) is 192 cm³/mol. The Kier molecular flexibility index (Phi) is 9.11. The highest BCUT2D eigenvalue weighted by molar-refractivity contribution is 5.96. The zero-order valence-corrected chi connectivity index (χ0v) is 29.1. The molecule has 0 radical (unpaired) electrons. The third kappa shape index (κ3) is 7.39. The van der Waals surface area contributed by atoms with Gasteiger partial charge in [0, 0.05) is 43.0 Å². The summed E-state index contributed by atoms with van der Waals surface area (Å²) in [5.74, 6) is 0.445. The van der Waals surface area contributed by atoms with Crippen LogP contribution in [0.25, 0.3) is 22.2 Å². The van der Waals surface area contributed by atoms with Crippen molar-refractivity contribution in [2.75, 3.05) is 18.4 Å². The predicted octanol–water partition coefficient (Wildman–Crippen LogP) is 8.52. The summed E-state index contributed by atoms with van der Waals surface area (Å²) >= 11 is 0. The molecule has 0 unspecified atom stereocenters. The number of fused-ring (bicyclic) bond motifs is 1. The minimum atomic E-state index is -0.501. The number of rotatable bonds is 9. The molecule has 1 N–H and O–H groups in total. The fraction of sp³-hybridized carbons (Fsp3) is 0.375. The molecule has 1 aliphatic heterocycles. The summed E-state index contributed by atoms with van der Waals surface area (Å²) in [6.07, 6.45) is 3.53. The Morgan fingerprint density at radius 1 is 0.920 bits per heavy atom. The molecule has 5 aromatic rings. The highest BCUT2D eigenvalue weighted by atomic mass is 19.1. The van der Waals surface area contributed by atoms with Crippen molar-refractivity contribution in [2.24, 2.45) is 12.5 Å². The number of nitrogens with zero attached hydrogens (tertiary/aromatic N) is 4. The van der Waals surface area contributed by atoms with Gasteiger partial charge in [-0.3, -0.25) is 4.68 Å². The standard InChI is InChI=1S/C40H44FN5O4/c1-39(2,3)50-38(47)46-25-40(26-46)19-17-29(18-20-40)42-33-22-34-31(21-32(33)41)36(44-45(34)4)30-15-16-35(48-23-27-11-7-5-8-12-27)43-37(30)49-24-28-13-9-6-10-14-28/h5-16,21-22,29,42H,17-20,23-26H2,1-4H3. The highest BCUT2D eigenvalue weighted by Crippen LogP contribution is 2.45. The second kappa shape index (κ2) is 13.7. The van der Waals surface area contributed by atoms with Gasteiger partial charge < -0.3 is 24.4 Å². The van der Waals surface area contributed by atoms with Gasteiger partial charge in [-0.15, -0.1) is 0 Å². The second-order valence-electron chi connectivity index (χ2n) is 14.6. The lowest BCUT2D eigenvalue weighted by Crippen LogP contribution is -2.60. The van der Waals surface area contributed by atoms with Crippen molar-refractivity contribution in [1.82, 2.24) is 19.7 Å². The van der Waals surface area contributed by atoms with Gasteiger partial charge in [-0.2, -0.15) is 10.1 Å². The fourth-order valence-electron chi connectivity index (χ4n) is 6.97. The molecule has 2 aromatic heterocycles. The van der Waals surface area contributed by atoms with Crippen LogP contribution in [0.1, 0.15) is 57.6 Å². The van der Waals surface area contributed by atoms with Gasteiger partial charge in [-0.1, -0.05) is 60.7 Å². The SMILES string of the molecule is Cn1nc(-c2ccc(OCc3ccccc3)nc2OCc2ccccc2)c2cc(F)c(NC3CCC4(CC3)CN(C(=O)OC(C)(C)C)C4)cc21. The fourth-order valence-corrected chi connectivity index (χ4v) is 6.97. The number of ether oxygens (including phenoxy) is 3. The number of pyridine rings is 1. The maximum Gasteiger partial charge on any atom is 0.410 e. The monoisotopic (exact) mass is 677 g/mol. The van der Waals surface area contributed by atoms with Crippen LogP contribution in [0.2, 0.25) is 0 Å². The molecule has 2 fully saturated rings. The highest BCUT2D eigenvalue weighted by Gasteiger charge is 2.48. The third-order valence-electron chi connectivity index (χ3n) is 9.59. The summed E-state index contributed by atoms with van der Waals surface area (Å²) < 4.78 is 35.5. The summed E-state index contributed by atoms with van der Waals surface area (Å²) in [7, 11) is 1.86. The summed E-state index contributed by atoms with van der Waals surface area (Å²) in [4.78, 5) is 19.0. The topological polar surface area (TPSA) is 90.7 Å². The summed E-state index contributed by atoms with van der Waals surface area (Å²) in [5, 5.41) is 8.97. The first-order chi connectivity index (χ1) is 24.0. The van der Waals surface area contributed by atoms with Crippen LogP contribution in [0.15, 0.2) is 84.9 Å². The molecule has 0 bridgehead atoms. The minimum Gasteiger partial charge on any atom is -0.473 e. The summed E-state index contributed by atoms with van der Waals surface area (Å²) in [6.45, 7) is 7.77. The number of hydrogen-bond acceptors (Lipinski definition) is 7. The molecule has 7 rings (SSSR count). The second-order valence-corrected chi connectivity index (χ2v) is 14.6. The van der Waals surface area contributed by atoms with Crippen molar-refractivity contribution in [1.29, 1.82) is 0 Å². The van der Waals surface area contributed by atoms with Gasteiger partial charge in [-0.05, 0) is 75.8 Å². The van der Waals surface area contributed by atoms with E-state index in [0.29, 0.717) is 47.3 Å². The third-order valence-corrected chi connectivity index (χ3v) is 9.59. The number of likely N-dealkylation sites (tertiary alicyclic amines) is 1. The zero-order chi connectivity index (χ0) is 34.9. The Balaban J connectivity index is 1.07. The van der Waals surface area contributed by atoms with E-state index in [1.165, 1.54) is 0 Å². The van der Waals surface area contributed by atoms with E-state index < -0.39 is 5.60 Å². The quantitative estimate of drug-likeness (QED) is 0.167. The van der Waals surface area contributed by atoms with E-state index in [0.717, 1.165) is 55.4 Å². The molecule has 9 nitrogen and oxygen atoms in total. The van der Waals surface area contributed by atoms with E-state index in [1.54, 1.807) is 21.7 Å². The van der Waals surface area contributed by atoms with E-state index in [1.807, 2.05) is 101 Å². The molecule has 1 saturated heterocycles. The smallest absolute Gasteiger partial charge is 0.410 e. The molecule has 50 heavy (non-hydrogen) atoms. The van der Waals surface area contributed by atoms with E-state index in [4.69, 9.17) is 24.3 Å². The van der Waals surface area contributed by atoms with Crippen molar-refractivity contribution >= 4 is 22.7 Å². The van der Waals surface area contributed by atoms with Crippen molar-refractivity contribution < 1.29 is 23.4 Å². The lowest BCUT2D eigenvalue weighted by atomic mass is 9.67. The molecule has 2 aliphatic rings. The first-order valence-corrected chi connectivity index (χ1v) is 17.3.